The summed E-state index contributed by atoms with van der Waals surface area (Å²) < 4.78 is 33.7. The molecule has 1 fully saturated rings. The fourth-order valence-corrected chi connectivity index (χ4v) is 2.41. The molecule has 5 heteroatoms. The molecule has 98 valence electrons. The number of hydrogen-bond donors (Lipinski definition) is 0. The van der Waals surface area contributed by atoms with Crippen molar-refractivity contribution in [2.45, 2.75) is 24.3 Å². The summed E-state index contributed by atoms with van der Waals surface area (Å²) in [4.78, 5) is 0.182. The SMILES string of the molecule is C=C(CCOS(=O)(=O)c1ccc(C)cc1)C1CO1. The van der Waals surface area contributed by atoms with E-state index >= 15 is 0 Å². The fourth-order valence-electron chi connectivity index (χ4n) is 1.50. The molecule has 0 aromatic heterocycles. The molecule has 0 saturated carbocycles. The normalized spacial score (nSPS) is 18.6. The second-order valence-electron chi connectivity index (χ2n) is 4.32. The first-order valence-corrected chi connectivity index (χ1v) is 7.15. The first-order valence-electron chi connectivity index (χ1n) is 5.74. The molecule has 1 heterocycles. The molecule has 1 aromatic carbocycles. The van der Waals surface area contributed by atoms with Gasteiger partial charge in [0, 0.05) is 0 Å². The smallest absolute Gasteiger partial charge is 0.296 e. The van der Waals surface area contributed by atoms with Gasteiger partial charge in [0.25, 0.3) is 10.1 Å². The highest BCUT2D eigenvalue weighted by atomic mass is 32.2. The van der Waals surface area contributed by atoms with Gasteiger partial charge in [0.05, 0.1) is 18.1 Å². The highest BCUT2D eigenvalue weighted by molar-refractivity contribution is 7.86. The number of epoxide rings is 1. The Morgan fingerprint density at radius 3 is 2.61 bits per heavy atom. The lowest BCUT2D eigenvalue weighted by Crippen LogP contribution is -2.09. The highest BCUT2D eigenvalue weighted by Gasteiger charge is 2.25. The number of benzene rings is 1. The molecule has 0 aliphatic carbocycles. The summed E-state index contributed by atoms with van der Waals surface area (Å²) in [5.74, 6) is 0. The van der Waals surface area contributed by atoms with Gasteiger partial charge >= 0.3 is 0 Å². The molecule has 2 rings (SSSR count). The first kappa shape index (κ1) is 13.3. The van der Waals surface area contributed by atoms with Crippen LogP contribution in [0.3, 0.4) is 0 Å². The maximum atomic E-state index is 11.8. The molecule has 0 spiro atoms. The van der Waals surface area contributed by atoms with Crippen LogP contribution in [0, 0.1) is 6.92 Å². The first-order chi connectivity index (χ1) is 8.49. The Kier molecular flexibility index (Phi) is 3.85. The Morgan fingerprint density at radius 2 is 2.06 bits per heavy atom. The van der Waals surface area contributed by atoms with Gasteiger partial charge in [-0.25, -0.2) is 0 Å². The lowest BCUT2D eigenvalue weighted by molar-refractivity contribution is 0.316. The molecule has 1 atom stereocenters. The summed E-state index contributed by atoms with van der Waals surface area (Å²) in [6, 6.07) is 6.58. The molecule has 4 nitrogen and oxygen atoms in total. The molecular formula is C13H16O4S. The zero-order valence-corrected chi connectivity index (χ0v) is 11.1. The second kappa shape index (κ2) is 5.22. The van der Waals surface area contributed by atoms with Gasteiger partial charge in [-0.05, 0) is 31.1 Å². The minimum Gasteiger partial charge on any atom is -0.368 e. The van der Waals surface area contributed by atoms with E-state index < -0.39 is 10.1 Å². The van der Waals surface area contributed by atoms with Crippen LogP contribution in [0.5, 0.6) is 0 Å². The van der Waals surface area contributed by atoms with E-state index in [-0.39, 0.29) is 17.6 Å². The Balaban J connectivity index is 1.90. The number of rotatable bonds is 6. The molecule has 18 heavy (non-hydrogen) atoms. The van der Waals surface area contributed by atoms with Crippen LogP contribution in [0.25, 0.3) is 0 Å². The van der Waals surface area contributed by atoms with E-state index in [1.807, 2.05) is 6.92 Å². The third-order valence-corrected chi connectivity index (χ3v) is 4.09. The predicted molar refractivity (Wildman–Crippen MR) is 67.8 cm³/mol. The van der Waals surface area contributed by atoms with Gasteiger partial charge < -0.3 is 4.74 Å². The van der Waals surface area contributed by atoms with Crippen LogP contribution in [-0.4, -0.2) is 27.7 Å². The van der Waals surface area contributed by atoms with Crippen LogP contribution in [0.2, 0.25) is 0 Å². The van der Waals surface area contributed by atoms with E-state index in [1.54, 1.807) is 24.3 Å². The van der Waals surface area contributed by atoms with E-state index in [0.29, 0.717) is 13.0 Å². The Morgan fingerprint density at radius 1 is 1.44 bits per heavy atom. The average Bonchev–Trinajstić information content (AvgIpc) is 3.13. The van der Waals surface area contributed by atoms with Gasteiger partial charge in [0.2, 0.25) is 0 Å². The largest absolute Gasteiger partial charge is 0.368 e. The van der Waals surface area contributed by atoms with Crippen LogP contribution in [0.15, 0.2) is 41.3 Å². The van der Waals surface area contributed by atoms with Crippen LogP contribution in [0.1, 0.15) is 12.0 Å². The summed E-state index contributed by atoms with van der Waals surface area (Å²) in [6.45, 7) is 6.51. The van der Waals surface area contributed by atoms with Gasteiger partial charge in [-0.1, -0.05) is 24.3 Å². The highest BCUT2D eigenvalue weighted by Crippen LogP contribution is 2.21. The van der Waals surface area contributed by atoms with Gasteiger partial charge in [-0.2, -0.15) is 8.42 Å². The topological polar surface area (TPSA) is 55.9 Å². The Labute approximate surface area is 107 Å². The fraction of sp³-hybridized carbons (Fsp3) is 0.385. The van der Waals surface area contributed by atoms with Crippen molar-refractivity contribution in [2.75, 3.05) is 13.2 Å². The molecule has 1 aliphatic heterocycles. The minimum absolute atomic E-state index is 0.0932. The molecule has 1 saturated heterocycles. The summed E-state index contributed by atoms with van der Waals surface area (Å²) in [6.07, 6.45) is 0.589. The maximum Gasteiger partial charge on any atom is 0.296 e. The van der Waals surface area contributed by atoms with E-state index in [2.05, 4.69) is 6.58 Å². The van der Waals surface area contributed by atoms with Gasteiger partial charge in [-0.3, -0.25) is 4.18 Å². The average molecular weight is 268 g/mol. The molecule has 1 aromatic rings. The van der Waals surface area contributed by atoms with Crippen molar-refractivity contribution in [1.29, 1.82) is 0 Å². The number of aryl methyl sites for hydroxylation is 1. The number of hydrogen-bond acceptors (Lipinski definition) is 4. The zero-order chi connectivity index (χ0) is 13.2. The zero-order valence-electron chi connectivity index (χ0n) is 10.3. The van der Waals surface area contributed by atoms with Crippen molar-refractivity contribution >= 4 is 10.1 Å². The maximum absolute atomic E-state index is 11.8. The van der Waals surface area contributed by atoms with Crippen molar-refractivity contribution in [3.05, 3.63) is 42.0 Å². The van der Waals surface area contributed by atoms with E-state index in [4.69, 9.17) is 8.92 Å². The lowest BCUT2D eigenvalue weighted by Gasteiger charge is -2.06. The van der Waals surface area contributed by atoms with E-state index in [0.717, 1.165) is 11.1 Å². The van der Waals surface area contributed by atoms with Crippen LogP contribution in [-0.2, 0) is 19.0 Å². The van der Waals surface area contributed by atoms with Crippen molar-refractivity contribution in [3.63, 3.8) is 0 Å². The van der Waals surface area contributed by atoms with Crippen molar-refractivity contribution < 1.29 is 17.3 Å². The van der Waals surface area contributed by atoms with Crippen LogP contribution in [0.4, 0.5) is 0 Å². The number of ether oxygens (including phenoxy) is 1. The molecule has 0 N–H and O–H groups in total. The van der Waals surface area contributed by atoms with E-state index in [1.165, 1.54) is 0 Å². The molecule has 0 amide bonds. The minimum atomic E-state index is -3.66. The monoisotopic (exact) mass is 268 g/mol. The third-order valence-electron chi connectivity index (χ3n) is 2.76. The van der Waals surface area contributed by atoms with Crippen LogP contribution >= 0.6 is 0 Å². The Bertz CT molecular complexity index is 527. The third kappa shape index (κ3) is 3.41. The van der Waals surface area contributed by atoms with E-state index in [9.17, 15) is 8.42 Å². The van der Waals surface area contributed by atoms with Gasteiger partial charge in [0.15, 0.2) is 0 Å². The summed E-state index contributed by atoms with van der Waals surface area (Å²) in [5.41, 5.74) is 1.89. The second-order valence-corrected chi connectivity index (χ2v) is 5.93. The van der Waals surface area contributed by atoms with Crippen molar-refractivity contribution in [1.82, 2.24) is 0 Å². The molecule has 0 radical (unpaired) electrons. The standard InChI is InChI=1S/C13H16O4S/c1-10-3-5-12(6-4-10)18(14,15)17-8-7-11(2)13-9-16-13/h3-6,13H,2,7-9H2,1H3. The van der Waals surface area contributed by atoms with Crippen molar-refractivity contribution in [2.24, 2.45) is 0 Å². The molecule has 0 bridgehead atoms. The molecule has 1 aliphatic rings. The predicted octanol–water partition coefficient (Wildman–Crippen LogP) is 2.05. The van der Waals surface area contributed by atoms with Gasteiger partial charge in [-0.15, -0.1) is 0 Å². The summed E-state index contributed by atoms with van der Waals surface area (Å²) in [5, 5.41) is 0. The molecule has 1 unspecified atom stereocenters. The van der Waals surface area contributed by atoms with Gasteiger partial charge in [0.1, 0.15) is 6.10 Å². The lowest BCUT2D eigenvalue weighted by atomic mass is 10.2. The Hall–Kier alpha value is -1.17. The summed E-state index contributed by atoms with van der Waals surface area (Å²) >= 11 is 0. The summed E-state index contributed by atoms with van der Waals surface area (Å²) in [7, 11) is -3.66. The van der Waals surface area contributed by atoms with Crippen molar-refractivity contribution in [3.8, 4) is 0 Å². The quantitative estimate of drug-likeness (QED) is 0.450. The van der Waals surface area contributed by atoms with Crippen LogP contribution < -0.4 is 0 Å². The molecular weight excluding hydrogens is 252 g/mol.